The van der Waals surface area contributed by atoms with E-state index in [1.54, 1.807) is 0 Å². The van der Waals surface area contributed by atoms with Crippen molar-refractivity contribution < 1.29 is 19.5 Å². The number of piperidine rings is 1. The predicted octanol–water partition coefficient (Wildman–Crippen LogP) is 2.39. The van der Waals surface area contributed by atoms with Crippen LogP contribution in [0.15, 0.2) is 0 Å². The maximum atomic E-state index is 11.0. The summed E-state index contributed by atoms with van der Waals surface area (Å²) in [7, 11) is 0. The van der Waals surface area contributed by atoms with Gasteiger partial charge < -0.3 is 14.7 Å². The number of esters is 1. The van der Waals surface area contributed by atoms with Gasteiger partial charge >= 0.3 is 5.97 Å². The lowest BCUT2D eigenvalue weighted by Crippen LogP contribution is -2.60. The minimum absolute atomic E-state index is 0.0757. The molecule has 0 saturated carbocycles. The lowest BCUT2D eigenvalue weighted by molar-refractivity contribution is -0.261. The summed E-state index contributed by atoms with van der Waals surface area (Å²) in [4.78, 5) is 11.0. The second-order valence-corrected chi connectivity index (χ2v) is 6.95. The quantitative estimate of drug-likeness (QED) is 0.341. The van der Waals surface area contributed by atoms with Gasteiger partial charge in [-0.2, -0.15) is 5.06 Å². The number of ether oxygens (including phenoxy) is 2. The third-order valence-electron chi connectivity index (χ3n) is 3.41. The summed E-state index contributed by atoms with van der Waals surface area (Å²) >= 11 is 1.97. The van der Waals surface area contributed by atoms with E-state index in [1.807, 2.05) is 50.3 Å². The monoisotopic (exact) mass is 385 g/mol. The molecule has 1 aliphatic rings. The molecule has 1 heterocycles. The molecule has 0 radical (unpaired) electrons. The summed E-state index contributed by atoms with van der Waals surface area (Å²) in [6.45, 7) is 8.70. The third-order valence-corrected chi connectivity index (χ3v) is 4.03. The summed E-state index contributed by atoms with van der Waals surface area (Å²) in [5.41, 5.74) is -0.628. The van der Waals surface area contributed by atoms with Crippen LogP contribution in [0.1, 0.15) is 40.5 Å². The minimum atomic E-state index is -0.314. The van der Waals surface area contributed by atoms with Crippen molar-refractivity contribution in [2.45, 2.75) is 57.7 Å². The van der Waals surface area contributed by atoms with Crippen molar-refractivity contribution in [2.75, 3.05) is 17.6 Å². The first kappa shape index (κ1) is 17.1. The van der Waals surface area contributed by atoms with E-state index >= 15 is 0 Å². The van der Waals surface area contributed by atoms with Crippen molar-refractivity contribution in [1.82, 2.24) is 5.06 Å². The summed E-state index contributed by atoms with van der Waals surface area (Å²) in [5.74, 6) is -0.213. The first-order chi connectivity index (χ1) is 8.69. The highest BCUT2D eigenvalue weighted by molar-refractivity contribution is 14.1. The minimum Gasteiger partial charge on any atom is -0.463 e. The van der Waals surface area contributed by atoms with Crippen molar-refractivity contribution in [3.63, 3.8) is 0 Å². The summed E-state index contributed by atoms with van der Waals surface area (Å²) < 4.78 is 11.1. The molecule has 1 aliphatic heterocycles. The van der Waals surface area contributed by atoms with E-state index in [1.165, 1.54) is 5.06 Å². The van der Waals surface area contributed by atoms with Gasteiger partial charge in [-0.3, -0.25) is 4.79 Å². The standard InChI is InChI=1S/C13H24INO4/c1-12(2)7-10(8-13(3,4)15(12)17)18-5-6-19-11(16)9-14/h10,17H,5-9H2,1-4H3. The van der Waals surface area contributed by atoms with E-state index in [0.717, 1.165) is 12.8 Å². The number of hydrogen-bond acceptors (Lipinski definition) is 5. The first-order valence-corrected chi connectivity index (χ1v) is 8.04. The number of carbonyl (C=O) groups is 1. The van der Waals surface area contributed by atoms with Crippen LogP contribution in [0.4, 0.5) is 0 Å². The largest absolute Gasteiger partial charge is 0.463 e. The van der Waals surface area contributed by atoms with Crippen molar-refractivity contribution in [2.24, 2.45) is 0 Å². The smallest absolute Gasteiger partial charge is 0.315 e. The summed E-state index contributed by atoms with van der Waals surface area (Å²) in [5, 5.41) is 11.6. The average Bonchev–Trinajstić information content (AvgIpc) is 2.30. The molecule has 0 aromatic heterocycles. The Bertz CT molecular complexity index is 302. The molecule has 112 valence electrons. The van der Waals surface area contributed by atoms with Crippen LogP contribution in [0.3, 0.4) is 0 Å². The fraction of sp³-hybridized carbons (Fsp3) is 0.923. The number of rotatable bonds is 5. The van der Waals surface area contributed by atoms with Crippen molar-refractivity contribution in [3.05, 3.63) is 0 Å². The zero-order chi connectivity index (χ0) is 14.7. The Morgan fingerprint density at radius 3 is 2.26 bits per heavy atom. The Morgan fingerprint density at radius 1 is 1.26 bits per heavy atom. The van der Waals surface area contributed by atoms with Crippen LogP contribution in [0.2, 0.25) is 0 Å². The van der Waals surface area contributed by atoms with Crippen LogP contribution in [-0.2, 0) is 14.3 Å². The van der Waals surface area contributed by atoms with Gasteiger partial charge in [0.1, 0.15) is 6.61 Å². The lowest BCUT2D eigenvalue weighted by atomic mass is 9.80. The Labute approximate surface area is 128 Å². The van der Waals surface area contributed by atoms with Gasteiger partial charge in [0.25, 0.3) is 0 Å². The van der Waals surface area contributed by atoms with Gasteiger partial charge in [0.05, 0.1) is 17.1 Å². The van der Waals surface area contributed by atoms with Gasteiger partial charge in [-0.15, -0.1) is 0 Å². The Hall–Kier alpha value is 0.0800. The van der Waals surface area contributed by atoms with Crippen LogP contribution in [0, 0.1) is 0 Å². The van der Waals surface area contributed by atoms with E-state index in [9.17, 15) is 10.0 Å². The zero-order valence-corrected chi connectivity index (χ0v) is 14.3. The fourth-order valence-corrected chi connectivity index (χ4v) is 2.93. The molecule has 0 spiro atoms. The van der Waals surface area contributed by atoms with Gasteiger partial charge in [-0.05, 0) is 40.5 Å². The van der Waals surface area contributed by atoms with Gasteiger partial charge in [0, 0.05) is 11.1 Å². The highest BCUT2D eigenvalue weighted by Gasteiger charge is 2.45. The van der Waals surface area contributed by atoms with Gasteiger partial charge in [-0.1, -0.05) is 22.6 Å². The van der Waals surface area contributed by atoms with Crippen LogP contribution in [0.5, 0.6) is 0 Å². The molecule has 1 rings (SSSR count). The third kappa shape index (κ3) is 4.84. The van der Waals surface area contributed by atoms with Gasteiger partial charge in [-0.25, -0.2) is 0 Å². The van der Waals surface area contributed by atoms with Crippen LogP contribution < -0.4 is 0 Å². The van der Waals surface area contributed by atoms with Gasteiger partial charge in [0.15, 0.2) is 0 Å². The topological polar surface area (TPSA) is 59.0 Å². The average molecular weight is 385 g/mol. The Morgan fingerprint density at radius 2 is 1.79 bits per heavy atom. The normalized spacial score (nSPS) is 23.3. The molecular weight excluding hydrogens is 361 g/mol. The molecule has 1 saturated heterocycles. The fourth-order valence-electron chi connectivity index (χ4n) is 2.71. The van der Waals surface area contributed by atoms with Crippen LogP contribution >= 0.6 is 22.6 Å². The highest BCUT2D eigenvalue weighted by atomic mass is 127. The maximum Gasteiger partial charge on any atom is 0.315 e. The molecule has 0 amide bonds. The Balaban J connectivity index is 2.41. The van der Waals surface area contributed by atoms with Gasteiger partial charge in [0.2, 0.25) is 0 Å². The molecule has 0 aromatic carbocycles. The zero-order valence-electron chi connectivity index (χ0n) is 12.1. The lowest BCUT2D eigenvalue weighted by Gasteiger charge is -2.51. The van der Waals surface area contributed by atoms with E-state index in [-0.39, 0.29) is 23.2 Å². The van der Waals surface area contributed by atoms with Crippen LogP contribution in [0.25, 0.3) is 0 Å². The first-order valence-electron chi connectivity index (χ1n) is 6.51. The van der Waals surface area contributed by atoms with E-state index in [0.29, 0.717) is 17.6 Å². The predicted molar refractivity (Wildman–Crippen MR) is 80.6 cm³/mol. The molecule has 0 aromatic rings. The molecule has 1 N–H and O–H groups in total. The molecule has 1 fully saturated rings. The van der Waals surface area contributed by atoms with Crippen LogP contribution in [-0.4, -0.2) is 51.1 Å². The van der Waals surface area contributed by atoms with E-state index in [2.05, 4.69) is 0 Å². The maximum absolute atomic E-state index is 11.0. The number of hydrogen-bond donors (Lipinski definition) is 1. The van der Waals surface area contributed by atoms with Crippen molar-refractivity contribution in [1.29, 1.82) is 0 Å². The molecule has 6 heteroatoms. The summed E-state index contributed by atoms with van der Waals surface area (Å²) in [6.07, 6.45) is 1.59. The Kier molecular flexibility index (Phi) is 6.03. The summed E-state index contributed by atoms with van der Waals surface area (Å²) in [6, 6.07) is 0. The molecular formula is C13H24INO4. The number of alkyl halides is 1. The van der Waals surface area contributed by atoms with E-state index in [4.69, 9.17) is 9.47 Å². The number of carbonyl (C=O) groups excluding carboxylic acids is 1. The van der Waals surface area contributed by atoms with Crippen molar-refractivity contribution in [3.8, 4) is 0 Å². The SMILES string of the molecule is CC1(C)CC(OCCOC(=O)CI)CC(C)(C)N1O. The highest BCUT2D eigenvalue weighted by Crippen LogP contribution is 2.37. The van der Waals surface area contributed by atoms with E-state index < -0.39 is 0 Å². The molecule has 0 aliphatic carbocycles. The molecule has 19 heavy (non-hydrogen) atoms. The number of halogens is 1. The molecule has 0 bridgehead atoms. The number of nitrogens with zero attached hydrogens (tertiary/aromatic N) is 1. The van der Waals surface area contributed by atoms with Crippen molar-refractivity contribution >= 4 is 28.6 Å². The molecule has 0 unspecified atom stereocenters. The molecule has 5 nitrogen and oxygen atoms in total. The number of hydroxylamine groups is 2. The second kappa shape index (κ2) is 6.69. The molecule has 0 atom stereocenters. The second-order valence-electron chi connectivity index (χ2n) is 6.19.